The molecule has 0 rings (SSSR count). The first kappa shape index (κ1) is 74.8. The minimum Gasteiger partial charge on any atom is -0.462 e. The summed E-state index contributed by atoms with van der Waals surface area (Å²) in [4.78, 5) is 38.4. The van der Waals surface area contributed by atoms with E-state index >= 15 is 0 Å². The van der Waals surface area contributed by atoms with E-state index < -0.39 is 6.10 Å². The van der Waals surface area contributed by atoms with Crippen molar-refractivity contribution in [3.8, 4) is 0 Å². The Kier molecular flexibility index (Phi) is 63.7. The van der Waals surface area contributed by atoms with Gasteiger partial charge >= 0.3 is 17.9 Å². The normalized spacial score (nSPS) is 12.5. The fourth-order valence-electron chi connectivity index (χ4n) is 9.88. The summed E-state index contributed by atoms with van der Waals surface area (Å²) in [7, 11) is 0. The van der Waals surface area contributed by atoms with Gasteiger partial charge in [-0.1, -0.05) is 312 Å². The Bertz CT molecular complexity index is 1440. The second-order valence-corrected chi connectivity index (χ2v) is 22.7. The van der Waals surface area contributed by atoms with E-state index in [9.17, 15) is 14.4 Å². The molecular formula is C72H128O6. The lowest BCUT2D eigenvalue weighted by Crippen LogP contribution is -2.30. The van der Waals surface area contributed by atoms with Gasteiger partial charge in [0, 0.05) is 19.3 Å². The summed E-state index contributed by atoms with van der Waals surface area (Å²) in [5, 5.41) is 0. The van der Waals surface area contributed by atoms with E-state index in [2.05, 4.69) is 93.7 Å². The molecule has 0 fully saturated rings. The van der Waals surface area contributed by atoms with Crippen LogP contribution in [0.4, 0.5) is 0 Å². The fourth-order valence-corrected chi connectivity index (χ4v) is 9.88. The van der Waals surface area contributed by atoms with Crippen molar-refractivity contribution < 1.29 is 28.6 Å². The van der Waals surface area contributed by atoms with E-state index in [1.54, 1.807) is 0 Å². The smallest absolute Gasteiger partial charge is 0.306 e. The van der Waals surface area contributed by atoms with Crippen molar-refractivity contribution in [1.82, 2.24) is 0 Å². The van der Waals surface area contributed by atoms with Crippen molar-refractivity contribution >= 4 is 17.9 Å². The number of carbonyl (C=O) groups is 3. The molecule has 0 N–H and O–H groups in total. The zero-order valence-electron chi connectivity index (χ0n) is 51.9. The summed E-state index contributed by atoms with van der Waals surface area (Å²) in [6.07, 6.45) is 86.3. The van der Waals surface area contributed by atoms with Gasteiger partial charge in [-0.2, -0.15) is 0 Å². The van der Waals surface area contributed by atoms with Gasteiger partial charge in [-0.15, -0.1) is 0 Å². The summed E-state index contributed by atoms with van der Waals surface area (Å²) in [5.74, 6) is -0.879. The first-order valence-corrected chi connectivity index (χ1v) is 33.9. The highest BCUT2D eigenvalue weighted by Gasteiger charge is 2.19. The molecule has 0 aromatic rings. The molecule has 0 aliphatic carbocycles. The molecule has 6 nitrogen and oxygen atoms in total. The average Bonchev–Trinajstić information content (AvgIpc) is 3.44. The molecule has 0 radical (unpaired) electrons. The van der Waals surface area contributed by atoms with E-state index in [1.807, 2.05) is 0 Å². The zero-order valence-corrected chi connectivity index (χ0v) is 51.9. The highest BCUT2D eigenvalue weighted by atomic mass is 16.6. The highest BCUT2D eigenvalue weighted by molar-refractivity contribution is 5.71. The SMILES string of the molecule is CC/C=C\C/C=C\C/C=C\C/C=C\C/C=C\CCCCCCCCCC(=O)OCC(COC(=O)CCCCCCC/C=C\CCCCCCC)OC(=O)CCCCCCCCCCCCCCCCCCCCCCCCC. The molecule has 78 heavy (non-hydrogen) atoms. The van der Waals surface area contributed by atoms with Crippen LogP contribution >= 0.6 is 0 Å². The topological polar surface area (TPSA) is 78.9 Å². The molecule has 6 heteroatoms. The van der Waals surface area contributed by atoms with Crippen molar-refractivity contribution in [2.45, 2.75) is 354 Å². The first-order valence-electron chi connectivity index (χ1n) is 33.9. The van der Waals surface area contributed by atoms with Crippen molar-refractivity contribution in [3.63, 3.8) is 0 Å². The maximum atomic E-state index is 12.9. The molecule has 0 amide bonds. The Morgan fingerprint density at radius 3 is 0.795 bits per heavy atom. The quantitative estimate of drug-likeness (QED) is 0.0261. The molecular weight excluding hydrogens is 961 g/mol. The summed E-state index contributed by atoms with van der Waals surface area (Å²) in [6, 6.07) is 0. The van der Waals surface area contributed by atoms with Gasteiger partial charge in [-0.05, 0) is 89.9 Å². The molecule has 0 heterocycles. The average molecular weight is 1090 g/mol. The lowest BCUT2D eigenvalue weighted by atomic mass is 10.0. The maximum Gasteiger partial charge on any atom is 0.306 e. The van der Waals surface area contributed by atoms with Crippen molar-refractivity contribution in [1.29, 1.82) is 0 Å². The van der Waals surface area contributed by atoms with Gasteiger partial charge in [0.2, 0.25) is 0 Å². The molecule has 1 unspecified atom stereocenters. The predicted molar refractivity (Wildman–Crippen MR) is 339 cm³/mol. The molecule has 452 valence electrons. The van der Waals surface area contributed by atoms with Crippen LogP contribution in [0.1, 0.15) is 348 Å². The number of rotatable bonds is 62. The summed E-state index contributed by atoms with van der Waals surface area (Å²) in [6.45, 7) is 6.55. The number of hydrogen-bond donors (Lipinski definition) is 0. The largest absolute Gasteiger partial charge is 0.462 e. The van der Waals surface area contributed by atoms with Gasteiger partial charge in [0.25, 0.3) is 0 Å². The summed E-state index contributed by atoms with van der Waals surface area (Å²) in [5.41, 5.74) is 0. The van der Waals surface area contributed by atoms with Crippen LogP contribution in [0.5, 0.6) is 0 Å². The van der Waals surface area contributed by atoms with Gasteiger partial charge in [-0.3, -0.25) is 14.4 Å². The predicted octanol–water partition coefficient (Wildman–Crippen LogP) is 23.3. The molecule has 0 aromatic carbocycles. The van der Waals surface area contributed by atoms with Crippen LogP contribution < -0.4 is 0 Å². The molecule has 0 saturated carbocycles. The second kappa shape index (κ2) is 66.4. The Hall–Kier alpha value is -3.15. The molecule has 0 spiro atoms. The summed E-state index contributed by atoms with van der Waals surface area (Å²) < 4.78 is 17.0. The van der Waals surface area contributed by atoms with E-state index in [4.69, 9.17) is 14.2 Å². The number of carbonyl (C=O) groups excluding carboxylic acids is 3. The van der Waals surface area contributed by atoms with Crippen LogP contribution in [0.2, 0.25) is 0 Å². The lowest BCUT2D eigenvalue weighted by molar-refractivity contribution is -0.167. The van der Waals surface area contributed by atoms with Gasteiger partial charge in [0.1, 0.15) is 13.2 Å². The highest BCUT2D eigenvalue weighted by Crippen LogP contribution is 2.18. The zero-order chi connectivity index (χ0) is 56.4. The molecule has 0 bridgehead atoms. The van der Waals surface area contributed by atoms with Crippen LogP contribution in [0, 0.1) is 0 Å². The van der Waals surface area contributed by atoms with E-state index in [0.717, 1.165) is 103 Å². The van der Waals surface area contributed by atoms with Gasteiger partial charge in [0.05, 0.1) is 0 Å². The van der Waals surface area contributed by atoms with E-state index in [1.165, 1.54) is 205 Å². The van der Waals surface area contributed by atoms with Crippen LogP contribution in [-0.4, -0.2) is 37.2 Å². The van der Waals surface area contributed by atoms with Gasteiger partial charge in [-0.25, -0.2) is 0 Å². The minimum absolute atomic E-state index is 0.0801. The third-order valence-corrected chi connectivity index (χ3v) is 14.9. The number of allylic oxidation sites excluding steroid dienone is 12. The molecule has 0 saturated heterocycles. The van der Waals surface area contributed by atoms with Gasteiger partial charge in [0.15, 0.2) is 6.10 Å². The number of esters is 3. The second-order valence-electron chi connectivity index (χ2n) is 22.7. The van der Waals surface area contributed by atoms with E-state index in [0.29, 0.717) is 19.3 Å². The summed E-state index contributed by atoms with van der Waals surface area (Å²) >= 11 is 0. The Morgan fingerprint density at radius 2 is 0.500 bits per heavy atom. The molecule has 0 aliphatic rings. The monoisotopic (exact) mass is 1090 g/mol. The van der Waals surface area contributed by atoms with E-state index in [-0.39, 0.29) is 31.1 Å². The number of ether oxygens (including phenoxy) is 3. The van der Waals surface area contributed by atoms with Crippen LogP contribution in [-0.2, 0) is 28.6 Å². The van der Waals surface area contributed by atoms with Crippen LogP contribution in [0.25, 0.3) is 0 Å². The lowest BCUT2D eigenvalue weighted by Gasteiger charge is -2.18. The van der Waals surface area contributed by atoms with Crippen molar-refractivity contribution in [3.05, 3.63) is 72.9 Å². The van der Waals surface area contributed by atoms with Crippen LogP contribution in [0.3, 0.4) is 0 Å². The van der Waals surface area contributed by atoms with Crippen molar-refractivity contribution in [2.75, 3.05) is 13.2 Å². The number of hydrogen-bond acceptors (Lipinski definition) is 6. The van der Waals surface area contributed by atoms with Crippen molar-refractivity contribution in [2.24, 2.45) is 0 Å². The Morgan fingerprint density at radius 1 is 0.269 bits per heavy atom. The standard InChI is InChI=1S/C72H128O6/c1-4-7-10-13-16-19-22-25-28-30-32-34-36-38-40-42-44-47-50-53-56-59-62-65-71(74)77-68-69(67-76-70(73)64-61-58-55-52-49-46-27-24-21-18-15-12-9-6-3)78-72(75)66-63-60-57-54-51-48-45-43-41-39-37-35-33-31-29-26-23-20-17-14-11-8-5-2/h7,10,16,19,24-25,27-28,32,34,38,40,69H,4-6,8-9,11-15,17-18,20-23,26,29-31,33,35-37,39,41-68H2,1-3H3/b10-7-,19-16-,27-24-,28-25-,34-32-,40-38-. The maximum absolute atomic E-state index is 12.9. The number of unbranched alkanes of at least 4 members (excludes halogenated alkanes) is 39. The minimum atomic E-state index is -0.783. The van der Waals surface area contributed by atoms with Crippen LogP contribution in [0.15, 0.2) is 72.9 Å². The fraction of sp³-hybridized carbons (Fsp3) is 0.792. The molecule has 0 aromatic heterocycles. The third kappa shape index (κ3) is 63.7. The van der Waals surface area contributed by atoms with Gasteiger partial charge < -0.3 is 14.2 Å². The third-order valence-electron chi connectivity index (χ3n) is 14.9. The Labute approximate surface area is 484 Å². The Balaban J connectivity index is 4.33. The first-order chi connectivity index (χ1) is 38.5. The molecule has 0 aliphatic heterocycles. The molecule has 1 atom stereocenters.